The van der Waals surface area contributed by atoms with Crippen molar-refractivity contribution in [2.45, 2.75) is 6.04 Å². The zero-order valence-corrected chi connectivity index (χ0v) is 15.2. The number of furan rings is 1. The lowest BCUT2D eigenvalue weighted by molar-refractivity contribution is -0.129. The number of aromatic nitrogens is 1. The first kappa shape index (κ1) is 18.6. The van der Waals surface area contributed by atoms with Crippen LogP contribution >= 0.6 is 0 Å². The highest BCUT2D eigenvalue weighted by atomic mass is 16.3. The van der Waals surface area contributed by atoms with Crippen molar-refractivity contribution in [2.75, 3.05) is 27.2 Å². The Hall–Kier alpha value is -3.19. The molecule has 7 heteroatoms. The van der Waals surface area contributed by atoms with Crippen molar-refractivity contribution in [3.05, 3.63) is 71.7 Å². The first-order valence-corrected chi connectivity index (χ1v) is 8.53. The van der Waals surface area contributed by atoms with E-state index in [4.69, 9.17) is 4.42 Å². The number of carbonyl (C=O) groups is 2. The lowest BCUT2D eigenvalue weighted by Crippen LogP contribution is -2.36. The zero-order valence-electron chi connectivity index (χ0n) is 15.2. The molecule has 1 aliphatic rings. The monoisotopic (exact) mass is 367 g/mol. The number of nitrogens with zero attached hydrogens (tertiary/aromatic N) is 3. The number of aliphatic hydroxyl groups is 1. The highest BCUT2D eigenvalue weighted by Gasteiger charge is 2.42. The number of pyridine rings is 1. The van der Waals surface area contributed by atoms with E-state index < -0.39 is 23.5 Å². The van der Waals surface area contributed by atoms with Crippen molar-refractivity contribution < 1.29 is 19.1 Å². The molecule has 27 heavy (non-hydrogen) atoms. The van der Waals surface area contributed by atoms with Crippen LogP contribution in [0.3, 0.4) is 0 Å². The van der Waals surface area contributed by atoms with Crippen LogP contribution in [0.1, 0.15) is 17.4 Å². The highest BCUT2D eigenvalue weighted by molar-refractivity contribution is 6.14. The molecule has 3 heterocycles. The van der Waals surface area contributed by atoms with E-state index in [1.165, 1.54) is 23.3 Å². The third-order valence-electron chi connectivity index (χ3n) is 4.30. The Kier molecular flexibility index (Phi) is 5.52. The number of ketones is 1. The van der Waals surface area contributed by atoms with Gasteiger partial charge in [-0.3, -0.25) is 14.6 Å². The molecule has 1 N–H and O–H groups in total. The van der Waals surface area contributed by atoms with E-state index in [0.717, 1.165) is 0 Å². The molecule has 1 unspecified atom stereocenters. The van der Waals surface area contributed by atoms with Gasteiger partial charge in [-0.05, 0) is 50.0 Å². The van der Waals surface area contributed by atoms with E-state index in [1.54, 1.807) is 36.7 Å². The van der Waals surface area contributed by atoms with Gasteiger partial charge in [0.25, 0.3) is 5.91 Å². The maximum absolute atomic E-state index is 12.8. The molecule has 0 fully saturated rings. The molecule has 1 amide bonds. The third-order valence-corrected chi connectivity index (χ3v) is 4.30. The second-order valence-corrected chi connectivity index (χ2v) is 6.47. The van der Waals surface area contributed by atoms with E-state index in [0.29, 0.717) is 24.4 Å². The number of aliphatic hydroxyl groups excluding tert-OH is 1. The summed E-state index contributed by atoms with van der Waals surface area (Å²) in [5, 5.41) is 10.4. The Morgan fingerprint density at radius 2 is 2.19 bits per heavy atom. The van der Waals surface area contributed by atoms with E-state index in [9.17, 15) is 14.7 Å². The van der Waals surface area contributed by atoms with Crippen molar-refractivity contribution in [3.8, 4) is 0 Å². The van der Waals surface area contributed by atoms with E-state index in [1.807, 2.05) is 19.0 Å². The van der Waals surface area contributed by atoms with Gasteiger partial charge in [0.1, 0.15) is 5.76 Å². The molecular weight excluding hydrogens is 346 g/mol. The normalized spacial score (nSPS) is 17.5. The summed E-state index contributed by atoms with van der Waals surface area (Å²) in [6.45, 7) is 0.966. The van der Waals surface area contributed by atoms with Crippen LogP contribution in [-0.2, 0) is 9.59 Å². The fourth-order valence-corrected chi connectivity index (χ4v) is 2.96. The Morgan fingerprint density at radius 3 is 2.81 bits per heavy atom. The Bertz CT molecular complexity index is 870. The van der Waals surface area contributed by atoms with Crippen LogP contribution in [0.25, 0.3) is 6.08 Å². The SMILES string of the molecule is CN(C)CCN1C(=O)C(O)=C(C(=O)C=Cc2ccco2)C1c1cccnc1. The van der Waals surface area contributed by atoms with Crippen LogP contribution in [0.5, 0.6) is 0 Å². The van der Waals surface area contributed by atoms with Gasteiger partial charge in [0.15, 0.2) is 11.5 Å². The lowest BCUT2D eigenvalue weighted by atomic mass is 9.97. The Labute approximate surface area is 157 Å². The standard InChI is InChI=1S/C20H21N3O4/c1-22(2)10-11-23-18(14-5-3-9-21-13-14)17(19(25)20(23)26)16(24)8-7-15-6-4-12-27-15/h3-9,12-13,18,25H,10-11H2,1-2H3. The number of carbonyl (C=O) groups excluding carboxylic acids is 2. The molecule has 2 aromatic rings. The van der Waals surface area contributed by atoms with Crippen LogP contribution in [0.4, 0.5) is 0 Å². The van der Waals surface area contributed by atoms with Crippen molar-refractivity contribution in [2.24, 2.45) is 0 Å². The number of hydrogen-bond donors (Lipinski definition) is 1. The Morgan fingerprint density at radius 1 is 1.37 bits per heavy atom. The molecule has 0 saturated carbocycles. The van der Waals surface area contributed by atoms with Crippen LogP contribution in [0.2, 0.25) is 0 Å². The molecule has 140 valence electrons. The van der Waals surface area contributed by atoms with Crippen molar-refractivity contribution >= 4 is 17.8 Å². The minimum atomic E-state index is -0.681. The van der Waals surface area contributed by atoms with Gasteiger partial charge in [0, 0.05) is 25.5 Å². The molecular formula is C20H21N3O4. The van der Waals surface area contributed by atoms with Crippen LogP contribution in [-0.4, -0.2) is 58.8 Å². The molecule has 0 spiro atoms. The number of amides is 1. The second kappa shape index (κ2) is 8.01. The summed E-state index contributed by atoms with van der Waals surface area (Å²) in [5.74, 6) is -1.01. The van der Waals surface area contributed by atoms with Crippen LogP contribution in [0, 0.1) is 0 Å². The van der Waals surface area contributed by atoms with Gasteiger partial charge < -0.3 is 19.3 Å². The number of likely N-dealkylation sites (N-methyl/N-ethyl adjacent to an activating group) is 1. The first-order valence-electron chi connectivity index (χ1n) is 8.53. The van der Waals surface area contributed by atoms with E-state index >= 15 is 0 Å². The number of allylic oxidation sites excluding steroid dienone is 1. The van der Waals surface area contributed by atoms with Crippen molar-refractivity contribution in [1.82, 2.24) is 14.8 Å². The Balaban J connectivity index is 1.95. The van der Waals surface area contributed by atoms with Gasteiger partial charge in [-0.25, -0.2) is 0 Å². The smallest absolute Gasteiger partial charge is 0.290 e. The molecule has 0 radical (unpaired) electrons. The predicted octanol–water partition coefficient (Wildman–Crippen LogP) is 2.21. The summed E-state index contributed by atoms with van der Waals surface area (Å²) in [5.41, 5.74) is 0.720. The van der Waals surface area contributed by atoms with Crippen LogP contribution in [0.15, 0.2) is 64.7 Å². The quantitative estimate of drug-likeness (QED) is 0.755. The van der Waals surface area contributed by atoms with Gasteiger partial charge in [-0.2, -0.15) is 0 Å². The number of hydrogen-bond acceptors (Lipinski definition) is 6. The molecule has 7 nitrogen and oxygen atoms in total. The first-order chi connectivity index (χ1) is 13.0. The lowest BCUT2D eigenvalue weighted by Gasteiger charge is -2.27. The summed E-state index contributed by atoms with van der Waals surface area (Å²) in [4.78, 5) is 33.0. The fourth-order valence-electron chi connectivity index (χ4n) is 2.96. The number of rotatable bonds is 7. The zero-order chi connectivity index (χ0) is 19.4. The summed E-state index contributed by atoms with van der Waals surface area (Å²) >= 11 is 0. The summed E-state index contributed by atoms with van der Waals surface area (Å²) in [6, 6.07) is 6.26. The molecule has 3 rings (SSSR count). The minimum Gasteiger partial charge on any atom is -0.503 e. The molecule has 1 aliphatic heterocycles. The minimum absolute atomic E-state index is 0.0505. The van der Waals surface area contributed by atoms with E-state index in [-0.39, 0.29) is 5.57 Å². The van der Waals surface area contributed by atoms with E-state index in [2.05, 4.69) is 4.98 Å². The molecule has 0 saturated heterocycles. The summed E-state index contributed by atoms with van der Waals surface area (Å²) in [7, 11) is 3.79. The predicted molar refractivity (Wildman–Crippen MR) is 99.6 cm³/mol. The summed E-state index contributed by atoms with van der Waals surface area (Å²) < 4.78 is 5.18. The fraction of sp³-hybridized carbons (Fsp3) is 0.250. The molecule has 1 atom stereocenters. The topological polar surface area (TPSA) is 86.9 Å². The molecule has 0 aromatic carbocycles. The third kappa shape index (κ3) is 3.98. The maximum Gasteiger partial charge on any atom is 0.290 e. The summed E-state index contributed by atoms with van der Waals surface area (Å²) in [6.07, 6.45) is 7.53. The van der Waals surface area contributed by atoms with Gasteiger partial charge in [0.2, 0.25) is 0 Å². The van der Waals surface area contributed by atoms with Gasteiger partial charge in [-0.1, -0.05) is 6.07 Å². The van der Waals surface area contributed by atoms with Gasteiger partial charge in [-0.15, -0.1) is 0 Å². The van der Waals surface area contributed by atoms with Crippen molar-refractivity contribution in [1.29, 1.82) is 0 Å². The van der Waals surface area contributed by atoms with Crippen molar-refractivity contribution in [3.63, 3.8) is 0 Å². The van der Waals surface area contributed by atoms with Gasteiger partial charge in [0.05, 0.1) is 17.9 Å². The molecule has 2 aromatic heterocycles. The second-order valence-electron chi connectivity index (χ2n) is 6.47. The average Bonchev–Trinajstić information content (AvgIpc) is 3.26. The molecule has 0 bridgehead atoms. The maximum atomic E-state index is 12.8. The van der Waals surface area contributed by atoms with Crippen LogP contribution < -0.4 is 0 Å². The molecule has 0 aliphatic carbocycles. The largest absolute Gasteiger partial charge is 0.503 e. The highest BCUT2D eigenvalue weighted by Crippen LogP contribution is 2.37. The average molecular weight is 367 g/mol. The van der Waals surface area contributed by atoms with Gasteiger partial charge >= 0.3 is 0 Å².